The van der Waals surface area contributed by atoms with E-state index < -0.39 is 21.8 Å². The highest BCUT2D eigenvalue weighted by Gasteiger charge is 2.30. The van der Waals surface area contributed by atoms with Gasteiger partial charge in [-0.3, -0.25) is 9.97 Å². The van der Waals surface area contributed by atoms with E-state index in [0.29, 0.717) is 28.1 Å². The molecule has 0 aliphatic heterocycles. The second-order valence-electron chi connectivity index (χ2n) is 6.25. The van der Waals surface area contributed by atoms with Crippen LogP contribution in [-0.4, -0.2) is 18.4 Å². The summed E-state index contributed by atoms with van der Waals surface area (Å²) in [5.41, 5.74) is 1.84. The molecular weight excluding hydrogens is 391 g/mol. The number of rotatable bonds is 4. The molecule has 2 aromatic carbocycles. The summed E-state index contributed by atoms with van der Waals surface area (Å²) < 4.78 is 61.7. The van der Waals surface area contributed by atoms with Crippen LogP contribution in [0.4, 0.5) is 13.2 Å². The van der Waals surface area contributed by atoms with Crippen molar-refractivity contribution in [3.05, 3.63) is 77.2 Å². The van der Waals surface area contributed by atoms with Gasteiger partial charge in [0.05, 0.1) is 21.8 Å². The highest BCUT2D eigenvalue weighted by Crippen LogP contribution is 2.30. The lowest BCUT2D eigenvalue weighted by Gasteiger charge is -2.11. The largest absolute Gasteiger partial charge is 0.416 e. The maximum absolute atomic E-state index is 12.7. The van der Waals surface area contributed by atoms with Gasteiger partial charge in [0.25, 0.3) is 0 Å². The predicted octanol–water partition coefficient (Wildman–Crippen LogP) is 3.71. The third-order valence-corrected chi connectivity index (χ3v) is 5.25. The van der Waals surface area contributed by atoms with Gasteiger partial charge in [-0.2, -0.15) is 13.2 Å². The standard InChI is InChI=1S/C19H16F3N3O2S/c1-12-2-5-14(11-17(12)28(23,26)27)18-16(24-8-9-25-18)10-13-3-6-15(7-4-13)19(20,21)22/h2-9,11H,10H2,1H3,(H2,23,26,27). The molecule has 0 radical (unpaired) electrons. The molecule has 3 rings (SSSR count). The van der Waals surface area contributed by atoms with Crippen LogP contribution in [0, 0.1) is 6.92 Å². The number of sulfonamides is 1. The summed E-state index contributed by atoms with van der Waals surface area (Å²) in [6, 6.07) is 9.52. The van der Waals surface area contributed by atoms with Crippen molar-refractivity contribution in [1.29, 1.82) is 0 Å². The summed E-state index contributed by atoms with van der Waals surface area (Å²) in [6.07, 6.45) is -1.23. The smallest absolute Gasteiger partial charge is 0.257 e. The van der Waals surface area contributed by atoms with Crippen molar-refractivity contribution in [3.63, 3.8) is 0 Å². The molecule has 0 saturated carbocycles. The Kier molecular flexibility index (Phi) is 5.22. The molecule has 1 aromatic heterocycles. The molecule has 28 heavy (non-hydrogen) atoms. The lowest BCUT2D eigenvalue weighted by atomic mass is 10.0. The summed E-state index contributed by atoms with van der Waals surface area (Å²) in [5.74, 6) is 0. The molecular formula is C19H16F3N3O2S. The number of benzene rings is 2. The lowest BCUT2D eigenvalue weighted by Crippen LogP contribution is -2.13. The maximum Gasteiger partial charge on any atom is 0.416 e. The summed E-state index contributed by atoms with van der Waals surface area (Å²) in [7, 11) is -3.91. The molecule has 0 fully saturated rings. The van der Waals surface area contributed by atoms with Crippen LogP contribution in [0.15, 0.2) is 59.8 Å². The molecule has 146 valence electrons. The minimum absolute atomic E-state index is 0.0175. The molecule has 5 nitrogen and oxygen atoms in total. The minimum atomic E-state index is -4.40. The van der Waals surface area contributed by atoms with Gasteiger partial charge in [-0.25, -0.2) is 13.6 Å². The van der Waals surface area contributed by atoms with Crippen molar-refractivity contribution >= 4 is 10.0 Å². The Balaban J connectivity index is 1.99. The van der Waals surface area contributed by atoms with Crippen molar-refractivity contribution < 1.29 is 21.6 Å². The SMILES string of the molecule is Cc1ccc(-c2nccnc2Cc2ccc(C(F)(F)F)cc2)cc1S(N)(=O)=O. The van der Waals surface area contributed by atoms with Gasteiger partial charge < -0.3 is 0 Å². The molecule has 2 N–H and O–H groups in total. The van der Waals surface area contributed by atoms with Gasteiger partial charge in [-0.15, -0.1) is 0 Å². The van der Waals surface area contributed by atoms with E-state index in [1.165, 1.54) is 30.6 Å². The molecule has 0 saturated heterocycles. The number of nitrogens with zero attached hydrogens (tertiary/aromatic N) is 2. The van der Waals surface area contributed by atoms with Gasteiger partial charge in [0.1, 0.15) is 0 Å². The average Bonchev–Trinajstić information content (AvgIpc) is 2.61. The first kappa shape index (κ1) is 20.0. The summed E-state index contributed by atoms with van der Waals surface area (Å²) in [5, 5.41) is 5.26. The lowest BCUT2D eigenvalue weighted by molar-refractivity contribution is -0.137. The van der Waals surface area contributed by atoms with E-state index in [1.807, 2.05) is 0 Å². The second-order valence-corrected chi connectivity index (χ2v) is 7.78. The Labute approximate surface area is 160 Å². The van der Waals surface area contributed by atoms with Crippen LogP contribution in [0.3, 0.4) is 0 Å². The van der Waals surface area contributed by atoms with E-state index in [9.17, 15) is 21.6 Å². The van der Waals surface area contributed by atoms with Crippen LogP contribution >= 0.6 is 0 Å². The van der Waals surface area contributed by atoms with Gasteiger partial charge in [-0.1, -0.05) is 24.3 Å². The number of halogens is 3. The summed E-state index contributed by atoms with van der Waals surface area (Å²) in [6.45, 7) is 1.63. The Hall–Kier alpha value is -2.78. The third kappa shape index (κ3) is 4.37. The Morgan fingerprint density at radius 2 is 1.64 bits per heavy atom. The minimum Gasteiger partial charge on any atom is -0.257 e. The van der Waals surface area contributed by atoms with Crippen LogP contribution < -0.4 is 5.14 Å². The van der Waals surface area contributed by atoms with E-state index in [4.69, 9.17) is 5.14 Å². The predicted molar refractivity (Wildman–Crippen MR) is 97.8 cm³/mol. The summed E-state index contributed by atoms with van der Waals surface area (Å²) >= 11 is 0. The first-order valence-corrected chi connectivity index (χ1v) is 9.70. The average molecular weight is 407 g/mol. The number of nitrogens with two attached hydrogens (primary N) is 1. The Bertz CT molecular complexity index is 1110. The highest BCUT2D eigenvalue weighted by atomic mass is 32.2. The van der Waals surface area contributed by atoms with Crippen LogP contribution in [0.1, 0.15) is 22.4 Å². The number of hydrogen-bond acceptors (Lipinski definition) is 4. The van der Waals surface area contributed by atoms with Gasteiger partial charge in [0, 0.05) is 24.4 Å². The number of hydrogen-bond donors (Lipinski definition) is 1. The van der Waals surface area contributed by atoms with Gasteiger partial charge in [-0.05, 0) is 36.2 Å². The second kappa shape index (κ2) is 7.33. The Morgan fingerprint density at radius 1 is 1.00 bits per heavy atom. The molecule has 0 atom stereocenters. The van der Waals surface area contributed by atoms with Crippen molar-refractivity contribution in [2.75, 3.05) is 0 Å². The van der Waals surface area contributed by atoms with Crippen molar-refractivity contribution in [2.24, 2.45) is 5.14 Å². The first-order chi connectivity index (χ1) is 13.1. The fourth-order valence-corrected chi connectivity index (χ4v) is 3.60. The van der Waals surface area contributed by atoms with Crippen LogP contribution in [-0.2, 0) is 22.6 Å². The van der Waals surface area contributed by atoms with Crippen molar-refractivity contribution in [1.82, 2.24) is 9.97 Å². The molecule has 1 heterocycles. The van der Waals surface area contributed by atoms with E-state index >= 15 is 0 Å². The molecule has 9 heteroatoms. The van der Waals surface area contributed by atoms with Gasteiger partial charge >= 0.3 is 6.18 Å². The molecule has 0 aliphatic carbocycles. The zero-order valence-electron chi connectivity index (χ0n) is 14.7. The van der Waals surface area contributed by atoms with Crippen molar-refractivity contribution in [3.8, 4) is 11.3 Å². The van der Waals surface area contributed by atoms with Crippen LogP contribution in [0.25, 0.3) is 11.3 Å². The first-order valence-electron chi connectivity index (χ1n) is 8.15. The van der Waals surface area contributed by atoms with E-state index in [1.54, 1.807) is 19.1 Å². The molecule has 0 unspecified atom stereocenters. The highest BCUT2D eigenvalue weighted by molar-refractivity contribution is 7.89. The quantitative estimate of drug-likeness (QED) is 0.714. The molecule has 0 spiro atoms. The zero-order valence-corrected chi connectivity index (χ0v) is 15.6. The number of primary sulfonamides is 1. The van der Waals surface area contributed by atoms with Crippen LogP contribution in [0.2, 0.25) is 0 Å². The van der Waals surface area contributed by atoms with E-state index in [-0.39, 0.29) is 11.3 Å². The van der Waals surface area contributed by atoms with Crippen LogP contribution in [0.5, 0.6) is 0 Å². The van der Waals surface area contributed by atoms with E-state index in [0.717, 1.165) is 12.1 Å². The third-order valence-electron chi connectivity index (χ3n) is 4.19. The fraction of sp³-hybridized carbons (Fsp3) is 0.158. The normalized spacial score (nSPS) is 12.2. The molecule has 0 aliphatic rings. The molecule has 3 aromatic rings. The monoisotopic (exact) mass is 407 g/mol. The summed E-state index contributed by atoms with van der Waals surface area (Å²) in [4.78, 5) is 8.53. The number of aromatic nitrogens is 2. The van der Waals surface area contributed by atoms with Crippen molar-refractivity contribution in [2.45, 2.75) is 24.4 Å². The molecule has 0 amide bonds. The number of alkyl halides is 3. The van der Waals surface area contributed by atoms with E-state index in [2.05, 4.69) is 9.97 Å². The topological polar surface area (TPSA) is 85.9 Å². The van der Waals surface area contributed by atoms with Gasteiger partial charge in [0.15, 0.2) is 0 Å². The molecule has 0 bridgehead atoms. The number of aryl methyl sites for hydroxylation is 1. The zero-order chi connectivity index (χ0) is 20.5. The Morgan fingerprint density at radius 3 is 2.25 bits per heavy atom. The van der Waals surface area contributed by atoms with Gasteiger partial charge in [0.2, 0.25) is 10.0 Å². The fourth-order valence-electron chi connectivity index (χ4n) is 2.80. The maximum atomic E-state index is 12.7.